The summed E-state index contributed by atoms with van der Waals surface area (Å²) in [5, 5.41) is 5.34. The first-order valence-corrected chi connectivity index (χ1v) is 10.9. The van der Waals surface area contributed by atoms with Gasteiger partial charge in [-0.05, 0) is 47.8 Å². The van der Waals surface area contributed by atoms with Crippen LogP contribution < -0.4 is 10.6 Å². The van der Waals surface area contributed by atoms with Crippen molar-refractivity contribution in [1.29, 1.82) is 0 Å². The Morgan fingerprint density at radius 1 is 1.03 bits per heavy atom. The van der Waals surface area contributed by atoms with Crippen molar-refractivity contribution in [2.45, 2.75) is 16.7 Å². The summed E-state index contributed by atoms with van der Waals surface area (Å²) in [6, 6.07) is 11.0. The van der Waals surface area contributed by atoms with Crippen LogP contribution in [0.25, 0.3) is 0 Å². The predicted molar refractivity (Wildman–Crippen MR) is 104 cm³/mol. The summed E-state index contributed by atoms with van der Waals surface area (Å²) >= 11 is 1.21. The second-order valence-electron chi connectivity index (χ2n) is 5.98. The Kier molecular flexibility index (Phi) is 6.45. The molecule has 2 heterocycles. The minimum absolute atomic E-state index is 0.0293. The number of thiophene rings is 1. The van der Waals surface area contributed by atoms with Gasteiger partial charge in [0.2, 0.25) is 0 Å². The summed E-state index contributed by atoms with van der Waals surface area (Å²) in [5.74, 6) is -1.96. The molecule has 3 rings (SSSR count). The van der Waals surface area contributed by atoms with Crippen LogP contribution in [0.2, 0.25) is 0 Å². The predicted octanol–water partition coefficient (Wildman–Crippen LogP) is 2.43. The highest BCUT2D eigenvalue weighted by molar-refractivity contribution is 7.91. The molecular formula is C19H17FN2O5S2. The van der Waals surface area contributed by atoms with Gasteiger partial charge in [-0.1, -0.05) is 6.07 Å². The molecule has 0 radical (unpaired) electrons. The molecular weight excluding hydrogens is 419 g/mol. The number of sulfone groups is 1. The van der Waals surface area contributed by atoms with Crippen molar-refractivity contribution in [3.8, 4) is 0 Å². The van der Waals surface area contributed by atoms with E-state index in [9.17, 15) is 22.4 Å². The molecule has 2 N–H and O–H groups in total. The summed E-state index contributed by atoms with van der Waals surface area (Å²) in [6.45, 7) is -0.283. The second-order valence-corrected chi connectivity index (χ2v) is 9.08. The molecule has 1 atom stereocenters. The number of carbonyl (C=O) groups excluding carboxylic acids is 2. The third-order valence-corrected chi connectivity index (χ3v) is 7.27. The standard InChI is InChI=1S/C19H17FN2O5S2/c20-13-5-7-15(8-6-13)29(25,26)17(16-4-2-10-28-16)12-22-19(24)18(23)21-11-14-3-1-9-27-14/h1-10,17H,11-12H2,(H,21,23)(H,22,24)/t17-/m1/s1. The summed E-state index contributed by atoms with van der Waals surface area (Å²) in [7, 11) is -3.93. The zero-order chi connectivity index (χ0) is 20.9. The average Bonchev–Trinajstić information content (AvgIpc) is 3.40. The van der Waals surface area contributed by atoms with Gasteiger partial charge < -0.3 is 15.1 Å². The van der Waals surface area contributed by atoms with E-state index in [1.54, 1.807) is 29.6 Å². The van der Waals surface area contributed by atoms with Crippen molar-refractivity contribution in [3.63, 3.8) is 0 Å². The number of nitrogens with one attached hydrogen (secondary N) is 2. The molecule has 0 aliphatic heterocycles. The maximum Gasteiger partial charge on any atom is 0.309 e. The van der Waals surface area contributed by atoms with Gasteiger partial charge in [0, 0.05) is 11.4 Å². The number of benzene rings is 1. The Labute approximate surface area is 170 Å². The lowest BCUT2D eigenvalue weighted by Crippen LogP contribution is -2.41. The van der Waals surface area contributed by atoms with E-state index in [1.807, 2.05) is 0 Å². The van der Waals surface area contributed by atoms with Gasteiger partial charge in [-0.25, -0.2) is 12.8 Å². The number of hydrogen-bond donors (Lipinski definition) is 2. The number of halogens is 1. The highest BCUT2D eigenvalue weighted by Gasteiger charge is 2.31. The number of carbonyl (C=O) groups is 2. The van der Waals surface area contributed by atoms with Crippen molar-refractivity contribution >= 4 is 33.0 Å². The number of rotatable bonds is 7. The molecule has 0 aliphatic carbocycles. The Morgan fingerprint density at radius 3 is 2.38 bits per heavy atom. The van der Waals surface area contributed by atoms with Crippen molar-refractivity contribution in [1.82, 2.24) is 10.6 Å². The second kappa shape index (κ2) is 9.01. The summed E-state index contributed by atoms with van der Waals surface area (Å²) < 4.78 is 44.3. The largest absolute Gasteiger partial charge is 0.467 e. The quantitative estimate of drug-likeness (QED) is 0.437. The zero-order valence-corrected chi connectivity index (χ0v) is 16.6. The molecule has 2 aromatic heterocycles. The zero-order valence-electron chi connectivity index (χ0n) is 15.0. The monoisotopic (exact) mass is 436 g/mol. The van der Waals surface area contributed by atoms with E-state index in [4.69, 9.17) is 4.42 Å². The SMILES string of the molecule is O=C(NCc1ccco1)C(=O)NC[C@H](c1cccs1)S(=O)(=O)c1ccc(F)cc1. The van der Waals surface area contributed by atoms with Crippen LogP contribution in [-0.2, 0) is 26.0 Å². The van der Waals surface area contributed by atoms with Gasteiger partial charge in [0.1, 0.15) is 16.8 Å². The Morgan fingerprint density at radius 2 is 1.76 bits per heavy atom. The van der Waals surface area contributed by atoms with Gasteiger partial charge in [-0.15, -0.1) is 11.3 Å². The average molecular weight is 436 g/mol. The summed E-state index contributed by atoms with van der Waals surface area (Å²) in [4.78, 5) is 24.4. The van der Waals surface area contributed by atoms with Crippen LogP contribution in [0.5, 0.6) is 0 Å². The molecule has 0 aliphatic rings. The minimum Gasteiger partial charge on any atom is -0.467 e. The molecule has 152 valence electrons. The van der Waals surface area contributed by atoms with Crippen LogP contribution in [0.4, 0.5) is 4.39 Å². The lowest BCUT2D eigenvalue weighted by molar-refractivity contribution is -0.139. The maximum atomic E-state index is 13.2. The number of hydrogen-bond acceptors (Lipinski definition) is 6. The molecule has 7 nitrogen and oxygen atoms in total. The molecule has 0 unspecified atom stereocenters. The Bertz CT molecular complexity index is 1060. The molecule has 3 aromatic rings. The first-order chi connectivity index (χ1) is 13.9. The topological polar surface area (TPSA) is 105 Å². The summed E-state index contributed by atoms with van der Waals surface area (Å²) in [5.41, 5.74) is 0. The van der Waals surface area contributed by atoms with Crippen LogP contribution in [0.3, 0.4) is 0 Å². The Hall–Kier alpha value is -2.98. The lowest BCUT2D eigenvalue weighted by Gasteiger charge is -2.17. The smallest absolute Gasteiger partial charge is 0.309 e. The van der Waals surface area contributed by atoms with E-state index in [1.165, 1.54) is 29.7 Å². The van der Waals surface area contributed by atoms with E-state index in [0.717, 1.165) is 12.1 Å². The normalized spacial score (nSPS) is 12.3. The molecule has 29 heavy (non-hydrogen) atoms. The van der Waals surface area contributed by atoms with E-state index in [2.05, 4.69) is 10.6 Å². The van der Waals surface area contributed by atoms with Gasteiger partial charge >= 0.3 is 11.8 Å². The highest BCUT2D eigenvalue weighted by Crippen LogP contribution is 2.31. The molecule has 2 amide bonds. The fourth-order valence-corrected chi connectivity index (χ4v) is 5.34. The van der Waals surface area contributed by atoms with E-state index in [-0.39, 0.29) is 18.0 Å². The molecule has 10 heteroatoms. The number of furan rings is 1. The van der Waals surface area contributed by atoms with Gasteiger partial charge in [-0.2, -0.15) is 0 Å². The van der Waals surface area contributed by atoms with Crippen LogP contribution in [0.15, 0.2) is 69.5 Å². The third-order valence-electron chi connectivity index (χ3n) is 4.03. The molecule has 1 aromatic carbocycles. The van der Waals surface area contributed by atoms with Crippen molar-refractivity contribution < 1.29 is 26.8 Å². The Balaban J connectivity index is 1.70. The van der Waals surface area contributed by atoms with Crippen LogP contribution in [0.1, 0.15) is 15.9 Å². The highest BCUT2D eigenvalue weighted by atomic mass is 32.2. The molecule has 0 saturated heterocycles. The van der Waals surface area contributed by atoms with Gasteiger partial charge in [0.25, 0.3) is 0 Å². The fourth-order valence-electron chi connectivity index (χ4n) is 2.55. The van der Waals surface area contributed by atoms with Crippen LogP contribution in [-0.4, -0.2) is 26.8 Å². The maximum absolute atomic E-state index is 13.2. The van der Waals surface area contributed by atoms with Crippen LogP contribution in [0, 0.1) is 5.82 Å². The van der Waals surface area contributed by atoms with Crippen molar-refractivity contribution in [3.05, 3.63) is 76.6 Å². The van der Waals surface area contributed by atoms with Gasteiger partial charge in [-0.3, -0.25) is 9.59 Å². The third kappa shape index (κ3) is 5.09. The molecule has 0 bridgehead atoms. The first kappa shape index (κ1) is 20.7. The van der Waals surface area contributed by atoms with Gasteiger partial charge in [0.15, 0.2) is 9.84 Å². The first-order valence-electron chi connectivity index (χ1n) is 8.49. The summed E-state index contributed by atoms with van der Waals surface area (Å²) in [6.07, 6.45) is 1.44. The minimum atomic E-state index is -3.93. The van der Waals surface area contributed by atoms with E-state index in [0.29, 0.717) is 10.6 Å². The molecule has 0 spiro atoms. The lowest BCUT2D eigenvalue weighted by atomic mass is 10.3. The molecule has 0 saturated carbocycles. The number of amides is 2. The molecule has 0 fully saturated rings. The van der Waals surface area contributed by atoms with Crippen LogP contribution >= 0.6 is 11.3 Å². The van der Waals surface area contributed by atoms with Crippen molar-refractivity contribution in [2.24, 2.45) is 0 Å². The van der Waals surface area contributed by atoms with Crippen molar-refractivity contribution in [2.75, 3.05) is 6.54 Å². The van der Waals surface area contributed by atoms with E-state index >= 15 is 0 Å². The van der Waals surface area contributed by atoms with E-state index < -0.39 is 32.7 Å². The van der Waals surface area contributed by atoms with Gasteiger partial charge in [0.05, 0.1) is 17.7 Å². The fraction of sp³-hybridized carbons (Fsp3) is 0.158.